The molecule has 0 saturated heterocycles. The third-order valence-corrected chi connectivity index (χ3v) is 8.66. The van der Waals surface area contributed by atoms with Gasteiger partial charge in [0, 0.05) is 11.9 Å². The number of thiazole rings is 2. The Hall–Kier alpha value is -3.27. The predicted octanol–water partition coefficient (Wildman–Crippen LogP) is 3.69. The number of nitrogens with one attached hydrogen (secondary N) is 1. The van der Waals surface area contributed by atoms with E-state index >= 15 is 0 Å². The number of aromatic nitrogens is 2. The lowest BCUT2D eigenvalue weighted by Gasteiger charge is -2.07. The third kappa shape index (κ3) is 7.88. The molecule has 4 rings (SSSR count). The molecule has 4 aromatic rings. The Kier molecular flexibility index (Phi) is 10.6. The molecule has 206 valence electrons. The zero-order chi connectivity index (χ0) is 28.6. The van der Waals surface area contributed by atoms with E-state index in [1.54, 1.807) is 11.8 Å². The van der Waals surface area contributed by atoms with Crippen molar-refractivity contribution in [3.63, 3.8) is 0 Å². The largest absolute Gasteiger partial charge is 0.726 e. The molecule has 0 radical (unpaired) electrons. The van der Waals surface area contributed by atoms with E-state index in [0.29, 0.717) is 22.0 Å². The lowest BCUT2D eigenvalue weighted by Crippen LogP contribution is -2.35. The Morgan fingerprint density at radius 1 is 1.26 bits per heavy atom. The molecule has 0 aliphatic rings. The number of anilines is 1. The van der Waals surface area contributed by atoms with Crippen LogP contribution in [0.15, 0.2) is 82.1 Å². The molecule has 1 amide bonds. The fourth-order valence-electron chi connectivity index (χ4n) is 3.33. The van der Waals surface area contributed by atoms with Crippen LogP contribution in [0.1, 0.15) is 15.2 Å². The van der Waals surface area contributed by atoms with Gasteiger partial charge in [0.15, 0.2) is 4.88 Å². The van der Waals surface area contributed by atoms with E-state index in [4.69, 9.17) is 5.73 Å². The number of carbonyl (C=O) groups is 1. The summed E-state index contributed by atoms with van der Waals surface area (Å²) < 4.78 is 35.9. The minimum Gasteiger partial charge on any atom is -0.726 e. The van der Waals surface area contributed by atoms with Crippen molar-refractivity contribution >= 4 is 56.6 Å². The normalized spacial score (nSPS) is 11.5. The number of nitrogens with two attached hydrogens (primary N) is 1. The number of hydrogen-bond donors (Lipinski definition) is 2. The van der Waals surface area contributed by atoms with Gasteiger partial charge >= 0.3 is 5.82 Å². The number of rotatable bonds is 8. The van der Waals surface area contributed by atoms with Gasteiger partial charge in [0.1, 0.15) is 5.69 Å². The van der Waals surface area contributed by atoms with Crippen molar-refractivity contribution < 1.29 is 26.5 Å². The first-order valence-electron chi connectivity index (χ1n) is 11.2. The molecule has 0 aliphatic carbocycles. The highest BCUT2D eigenvalue weighted by atomic mass is 32.3. The van der Waals surface area contributed by atoms with Gasteiger partial charge in [0.2, 0.25) is 19.5 Å². The molecule has 2 aromatic carbocycles. The molecule has 2 heterocycles. The first-order chi connectivity index (χ1) is 18.6. The maximum atomic E-state index is 13.0. The summed E-state index contributed by atoms with van der Waals surface area (Å²) in [6.07, 6.45) is 3.78. The second kappa shape index (κ2) is 13.7. The average Bonchev–Trinajstić information content (AvgIpc) is 3.48. The standard InChI is InChI=1S/C24H23N5OS3.CH4O4S/c1-4-14-28-19(17-12-10-16(2)11-13-17)15-32-23(28)27-26-22(30)20-21(25)29(24(31-3)33-20)18-8-6-5-7-9-18;1-5-6(2,3)4/h4-13,15H,1,14H2,2-3H3,(H2-,25,26,30);1H3,(H,2,3,4)/b27-23+;. The Morgan fingerprint density at radius 2 is 1.90 bits per heavy atom. The molecule has 10 nitrogen and oxygen atoms in total. The summed E-state index contributed by atoms with van der Waals surface area (Å²) in [5.41, 5.74) is 13.3. The SMILES string of the molecule is C=CCn1c(-c2ccc(C)cc2)cs/c1=N/NC(=O)c1sc(SC)[n+](-c2ccccc2)c1N.COS(=O)(=O)[O-]. The molecule has 0 fully saturated rings. The zero-order valence-electron chi connectivity index (χ0n) is 21.4. The molecule has 0 saturated carbocycles. The van der Waals surface area contributed by atoms with E-state index in [1.807, 2.05) is 57.2 Å². The number of allylic oxidation sites excluding steroid dienone is 1. The van der Waals surface area contributed by atoms with E-state index in [2.05, 4.69) is 52.5 Å². The van der Waals surface area contributed by atoms with Crippen molar-refractivity contribution in [2.24, 2.45) is 5.10 Å². The lowest BCUT2D eigenvalue weighted by molar-refractivity contribution is -0.613. The highest BCUT2D eigenvalue weighted by molar-refractivity contribution is 8.00. The van der Waals surface area contributed by atoms with Crippen LogP contribution < -0.4 is 20.5 Å². The number of aryl methyl sites for hydroxylation is 1. The van der Waals surface area contributed by atoms with Crippen LogP contribution in [0.2, 0.25) is 0 Å². The van der Waals surface area contributed by atoms with Crippen LogP contribution in [0, 0.1) is 6.92 Å². The zero-order valence-corrected chi connectivity index (χ0v) is 24.6. The minimum atomic E-state index is -4.41. The van der Waals surface area contributed by atoms with Crippen LogP contribution in [0.4, 0.5) is 5.82 Å². The maximum absolute atomic E-state index is 13.0. The van der Waals surface area contributed by atoms with Gasteiger partial charge in [0.25, 0.3) is 5.91 Å². The first kappa shape index (κ1) is 30.3. The Balaban J connectivity index is 0.000000631. The molecule has 0 aliphatic heterocycles. The highest BCUT2D eigenvalue weighted by Crippen LogP contribution is 2.27. The molecule has 0 atom stereocenters. The smallest absolute Gasteiger partial charge is 0.302 e. The fraction of sp³-hybridized carbons (Fsp3) is 0.160. The van der Waals surface area contributed by atoms with Crippen molar-refractivity contribution in [1.82, 2.24) is 9.99 Å². The van der Waals surface area contributed by atoms with E-state index < -0.39 is 10.4 Å². The van der Waals surface area contributed by atoms with Gasteiger partial charge in [0.05, 0.1) is 12.8 Å². The fourth-order valence-corrected chi connectivity index (χ4v) is 5.98. The Bertz CT molecular complexity index is 1610. The summed E-state index contributed by atoms with van der Waals surface area (Å²) in [5, 5.41) is 6.45. The number of hydrogen-bond acceptors (Lipinski definition) is 10. The van der Waals surface area contributed by atoms with E-state index in [-0.39, 0.29) is 5.91 Å². The molecule has 2 aromatic heterocycles. The van der Waals surface area contributed by atoms with Gasteiger partial charge in [-0.1, -0.05) is 77.2 Å². The van der Waals surface area contributed by atoms with Crippen LogP contribution in [-0.4, -0.2) is 36.8 Å². The maximum Gasteiger partial charge on any atom is 0.302 e. The summed E-state index contributed by atoms with van der Waals surface area (Å²) in [4.78, 5) is 14.1. The van der Waals surface area contributed by atoms with Crippen LogP contribution in [0.3, 0.4) is 0 Å². The number of para-hydroxylation sites is 1. The van der Waals surface area contributed by atoms with E-state index in [1.165, 1.54) is 28.2 Å². The first-order valence-corrected chi connectivity index (χ1v) is 15.5. The van der Waals surface area contributed by atoms with Crippen LogP contribution in [0.5, 0.6) is 0 Å². The summed E-state index contributed by atoms with van der Waals surface area (Å²) in [5.74, 6) is 0.0617. The van der Waals surface area contributed by atoms with Crippen molar-refractivity contribution in [2.45, 2.75) is 17.8 Å². The van der Waals surface area contributed by atoms with E-state index in [0.717, 1.165) is 28.4 Å². The molecule has 14 heteroatoms. The van der Waals surface area contributed by atoms with Crippen molar-refractivity contribution in [2.75, 3.05) is 19.1 Å². The second-order valence-electron chi connectivity index (χ2n) is 7.75. The number of carbonyl (C=O) groups excluding carboxylic acids is 1. The van der Waals surface area contributed by atoms with Gasteiger partial charge in [-0.05, 0) is 30.9 Å². The quantitative estimate of drug-likeness (QED) is 0.0779. The minimum absolute atomic E-state index is 0.335. The molecule has 39 heavy (non-hydrogen) atoms. The predicted molar refractivity (Wildman–Crippen MR) is 154 cm³/mol. The summed E-state index contributed by atoms with van der Waals surface area (Å²) in [7, 11) is -3.60. The van der Waals surface area contributed by atoms with Gasteiger partial charge in [-0.25, -0.2) is 13.8 Å². The van der Waals surface area contributed by atoms with Crippen molar-refractivity contribution in [1.29, 1.82) is 0 Å². The molecule has 0 bridgehead atoms. The highest BCUT2D eigenvalue weighted by Gasteiger charge is 2.27. The number of nitrogens with zero attached hydrogens (tertiary/aromatic N) is 3. The summed E-state index contributed by atoms with van der Waals surface area (Å²) in [6.45, 7) is 6.50. The van der Waals surface area contributed by atoms with Gasteiger partial charge in [-0.2, -0.15) is 4.57 Å². The molecule has 0 spiro atoms. The van der Waals surface area contributed by atoms with Gasteiger partial charge in [-0.3, -0.25) is 14.7 Å². The Labute approximate surface area is 239 Å². The topological polar surface area (TPSA) is 143 Å². The van der Waals surface area contributed by atoms with Gasteiger partial charge in [-0.15, -0.1) is 23.0 Å². The van der Waals surface area contributed by atoms with E-state index in [9.17, 15) is 17.8 Å². The second-order valence-corrected chi connectivity index (χ2v) is 11.8. The average molecular weight is 606 g/mol. The van der Waals surface area contributed by atoms with Crippen LogP contribution in [0.25, 0.3) is 16.9 Å². The van der Waals surface area contributed by atoms with Crippen LogP contribution >= 0.6 is 34.4 Å². The molecule has 3 N–H and O–H groups in total. The monoisotopic (exact) mass is 605 g/mol. The third-order valence-electron chi connectivity index (χ3n) is 5.15. The number of thioether (sulfide) groups is 1. The van der Waals surface area contributed by atoms with Crippen LogP contribution in [-0.2, 0) is 21.1 Å². The Morgan fingerprint density at radius 3 is 2.46 bits per heavy atom. The van der Waals surface area contributed by atoms with Crippen molar-refractivity contribution in [3.05, 3.63) is 87.9 Å². The lowest BCUT2D eigenvalue weighted by atomic mass is 10.1. The van der Waals surface area contributed by atoms with Crippen molar-refractivity contribution in [3.8, 4) is 16.9 Å². The molecule has 0 unspecified atom stereocenters. The number of benzene rings is 2. The van der Waals surface area contributed by atoms with Gasteiger partial charge < -0.3 is 9.12 Å². The molecular formula is C25H27N5O5S4. The molecular weight excluding hydrogens is 579 g/mol. The number of nitrogen functional groups attached to an aromatic ring is 1. The summed E-state index contributed by atoms with van der Waals surface area (Å²) >= 11 is 4.36. The number of amides is 1. The summed E-state index contributed by atoms with van der Waals surface area (Å²) in [6, 6.07) is 18.1.